The molecule has 0 spiro atoms. The molecule has 0 rings (SSSR count). The SMILES string of the molecule is CC[CH2][Al]([CH2]CC)[O]C(CC)OC(C)C. The molecule has 0 aliphatic carbocycles. The minimum atomic E-state index is -0.993. The van der Waals surface area contributed by atoms with Crippen molar-refractivity contribution in [1.29, 1.82) is 0 Å². The lowest BCUT2D eigenvalue weighted by Crippen LogP contribution is -2.29. The molecule has 1 atom stereocenters. The molecule has 0 saturated carbocycles. The Hall–Kier alpha value is 0.452. The highest BCUT2D eigenvalue weighted by atomic mass is 27.2. The predicted molar refractivity (Wildman–Crippen MR) is 67.3 cm³/mol. The summed E-state index contributed by atoms with van der Waals surface area (Å²) in [5, 5.41) is 2.57. The third-order valence-electron chi connectivity index (χ3n) is 2.32. The monoisotopic (exact) mass is 230 g/mol. The van der Waals surface area contributed by atoms with Gasteiger partial charge in [-0.05, 0) is 20.3 Å². The molecular formula is C12H27AlO2. The van der Waals surface area contributed by atoms with Gasteiger partial charge in [0.1, 0.15) is 6.29 Å². The summed E-state index contributed by atoms with van der Waals surface area (Å²) < 4.78 is 11.8. The van der Waals surface area contributed by atoms with Gasteiger partial charge in [-0.2, -0.15) is 0 Å². The molecule has 2 nitrogen and oxygen atoms in total. The van der Waals surface area contributed by atoms with E-state index in [-0.39, 0.29) is 12.4 Å². The van der Waals surface area contributed by atoms with Crippen LogP contribution in [0.1, 0.15) is 53.9 Å². The topological polar surface area (TPSA) is 18.5 Å². The fourth-order valence-electron chi connectivity index (χ4n) is 1.67. The van der Waals surface area contributed by atoms with Crippen LogP contribution in [0.25, 0.3) is 0 Å². The van der Waals surface area contributed by atoms with E-state index in [0.717, 1.165) is 6.42 Å². The second-order valence-corrected chi connectivity index (χ2v) is 7.03. The van der Waals surface area contributed by atoms with E-state index in [1.54, 1.807) is 0 Å². The molecule has 0 amide bonds. The lowest BCUT2D eigenvalue weighted by atomic mass is 10.4. The summed E-state index contributed by atoms with van der Waals surface area (Å²) in [4.78, 5) is 0. The molecule has 0 radical (unpaired) electrons. The first-order valence-electron chi connectivity index (χ1n) is 6.44. The van der Waals surface area contributed by atoms with Crippen molar-refractivity contribution < 1.29 is 8.53 Å². The Morgan fingerprint density at radius 3 is 1.87 bits per heavy atom. The van der Waals surface area contributed by atoms with E-state index in [1.807, 2.05) is 0 Å². The third kappa shape index (κ3) is 8.28. The van der Waals surface area contributed by atoms with E-state index in [2.05, 4.69) is 34.6 Å². The third-order valence-corrected chi connectivity index (χ3v) is 5.45. The van der Waals surface area contributed by atoms with Crippen LogP contribution in [0, 0.1) is 0 Å². The standard InChI is InChI=1S/C6H13O2.2C3H7.Al/c1-4-6(7)8-5(2)3;2*1-3-2;/h5-6H,4H2,1-3H3;2*1,3H2,2H3;/q-1;;;+1. The van der Waals surface area contributed by atoms with Gasteiger partial charge in [-0.25, -0.2) is 0 Å². The second kappa shape index (κ2) is 9.66. The average Bonchev–Trinajstić information content (AvgIpc) is 2.16. The lowest BCUT2D eigenvalue weighted by molar-refractivity contribution is -0.112. The number of hydrogen-bond donors (Lipinski definition) is 0. The molecule has 0 bridgehead atoms. The van der Waals surface area contributed by atoms with E-state index >= 15 is 0 Å². The van der Waals surface area contributed by atoms with Gasteiger partial charge in [0, 0.05) is 0 Å². The van der Waals surface area contributed by atoms with E-state index in [0.29, 0.717) is 0 Å². The summed E-state index contributed by atoms with van der Waals surface area (Å²) in [6.45, 7) is 10.8. The van der Waals surface area contributed by atoms with Crippen LogP contribution in [0.5, 0.6) is 0 Å². The highest BCUT2D eigenvalue weighted by Gasteiger charge is 2.22. The smallest absolute Gasteiger partial charge is 0.462 e. The zero-order valence-corrected chi connectivity index (χ0v) is 12.2. The van der Waals surface area contributed by atoms with E-state index in [9.17, 15) is 0 Å². The van der Waals surface area contributed by atoms with Gasteiger partial charge in [0.05, 0.1) is 6.10 Å². The Labute approximate surface area is 100 Å². The Morgan fingerprint density at radius 1 is 1.00 bits per heavy atom. The van der Waals surface area contributed by atoms with Gasteiger partial charge in [0.25, 0.3) is 0 Å². The average molecular weight is 230 g/mol. The Bertz CT molecular complexity index is 134. The summed E-state index contributed by atoms with van der Waals surface area (Å²) in [7, 11) is 0. The van der Waals surface area contributed by atoms with Crippen molar-refractivity contribution in [3.05, 3.63) is 0 Å². The van der Waals surface area contributed by atoms with Crippen molar-refractivity contribution in [2.24, 2.45) is 0 Å². The van der Waals surface area contributed by atoms with Crippen LogP contribution in [0.4, 0.5) is 0 Å². The zero-order chi connectivity index (χ0) is 11.7. The summed E-state index contributed by atoms with van der Waals surface area (Å²) in [5.74, 6) is 0. The van der Waals surface area contributed by atoms with Crippen molar-refractivity contribution in [1.82, 2.24) is 0 Å². The fourth-order valence-corrected chi connectivity index (χ4v) is 4.20. The van der Waals surface area contributed by atoms with Crippen LogP contribution in [0.3, 0.4) is 0 Å². The summed E-state index contributed by atoms with van der Waals surface area (Å²) in [5.41, 5.74) is 0. The first kappa shape index (κ1) is 15.5. The summed E-state index contributed by atoms with van der Waals surface area (Å²) in [6, 6.07) is 0. The van der Waals surface area contributed by atoms with E-state index in [4.69, 9.17) is 8.53 Å². The maximum absolute atomic E-state index is 6.11. The Kier molecular flexibility index (Phi) is 9.95. The maximum atomic E-state index is 6.11. The minimum Gasteiger partial charge on any atom is -0.478 e. The highest BCUT2D eigenvalue weighted by molar-refractivity contribution is 6.51. The Morgan fingerprint density at radius 2 is 1.53 bits per heavy atom. The van der Waals surface area contributed by atoms with Crippen molar-refractivity contribution in [3.8, 4) is 0 Å². The number of rotatable bonds is 9. The first-order chi connectivity index (χ1) is 7.13. The van der Waals surface area contributed by atoms with Gasteiger partial charge in [-0.15, -0.1) is 0 Å². The largest absolute Gasteiger partial charge is 0.478 e. The molecule has 0 aliphatic rings. The van der Waals surface area contributed by atoms with Gasteiger partial charge < -0.3 is 8.53 Å². The predicted octanol–water partition coefficient (Wildman–Crippen LogP) is 3.98. The van der Waals surface area contributed by atoms with Gasteiger partial charge in [-0.1, -0.05) is 44.2 Å². The minimum absolute atomic E-state index is 0.0415. The molecule has 15 heavy (non-hydrogen) atoms. The van der Waals surface area contributed by atoms with Gasteiger partial charge in [0.2, 0.25) is 0 Å². The molecule has 0 heterocycles. The molecule has 0 aromatic heterocycles. The number of hydrogen-bond acceptors (Lipinski definition) is 2. The maximum Gasteiger partial charge on any atom is 0.462 e. The highest BCUT2D eigenvalue weighted by Crippen LogP contribution is 2.13. The fraction of sp³-hybridized carbons (Fsp3) is 1.00. The second-order valence-electron chi connectivity index (χ2n) is 4.36. The molecule has 1 unspecified atom stereocenters. The van der Waals surface area contributed by atoms with Gasteiger partial charge in [0.15, 0.2) is 0 Å². The zero-order valence-electron chi connectivity index (χ0n) is 11.1. The quantitative estimate of drug-likeness (QED) is 0.440. The molecule has 0 N–H and O–H groups in total. The molecule has 0 fully saturated rings. The van der Waals surface area contributed by atoms with Crippen LogP contribution in [-0.2, 0) is 8.53 Å². The molecule has 0 saturated heterocycles. The van der Waals surface area contributed by atoms with Gasteiger partial charge in [-0.3, -0.25) is 0 Å². The normalized spacial score (nSPS) is 13.2. The van der Waals surface area contributed by atoms with E-state index < -0.39 is 14.5 Å². The molecule has 90 valence electrons. The summed E-state index contributed by atoms with van der Waals surface area (Å²) in [6.07, 6.45) is 3.77. The first-order valence-corrected chi connectivity index (χ1v) is 8.55. The van der Waals surface area contributed by atoms with Crippen molar-refractivity contribution in [3.63, 3.8) is 0 Å². The van der Waals surface area contributed by atoms with E-state index in [1.165, 1.54) is 23.4 Å². The van der Waals surface area contributed by atoms with Crippen molar-refractivity contribution >= 4 is 14.5 Å². The Balaban J connectivity index is 3.96. The van der Waals surface area contributed by atoms with Crippen LogP contribution in [-0.4, -0.2) is 26.9 Å². The van der Waals surface area contributed by atoms with Crippen LogP contribution >= 0.6 is 0 Å². The molecule has 3 heteroatoms. The molecule has 0 aromatic rings. The van der Waals surface area contributed by atoms with Crippen molar-refractivity contribution in [2.75, 3.05) is 0 Å². The van der Waals surface area contributed by atoms with Gasteiger partial charge >= 0.3 is 14.5 Å². The van der Waals surface area contributed by atoms with Crippen LogP contribution < -0.4 is 0 Å². The molecule has 0 aliphatic heterocycles. The molecule has 0 aromatic carbocycles. The van der Waals surface area contributed by atoms with Crippen molar-refractivity contribution in [2.45, 2.75) is 76.8 Å². The summed E-state index contributed by atoms with van der Waals surface area (Å²) >= 11 is -0.993. The molecular weight excluding hydrogens is 203 g/mol. The van der Waals surface area contributed by atoms with Crippen LogP contribution in [0.15, 0.2) is 0 Å². The lowest BCUT2D eigenvalue weighted by Gasteiger charge is -2.24. The number of ether oxygens (including phenoxy) is 1. The van der Waals surface area contributed by atoms with Crippen LogP contribution in [0.2, 0.25) is 10.6 Å².